The molecule has 0 heterocycles. The van der Waals surface area contributed by atoms with Gasteiger partial charge >= 0.3 is 0 Å². The van der Waals surface area contributed by atoms with E-state index in [4.69, 9.17) is 0 Å². The topological polar surface area (TPSA) is 80.5 Å². The van der Waals surface area contributed by atoms with Crippen molar-refractivity contribution in [3.05, 3.63) is 82.4 Å². The van der Waals surface area contributed by atoms with E-state index >= 15 is 0 Å². The van der Waals surface area contributed by atoms with Crippen molar-refractivity contribution in [2.45, 2.75) is 11.4 Å². The zero-order valence-corrected chi connectivity index (χ0v) is 14.3. The summed E-state index contributed by atoms with van der Waals surface area (Å²) in [5.41, 5.74) is 0.252. The fourth-order valence-electron chi connectivity index (χ4n) is 2.66. The molecule has 25 heavy (non-hydrogen) atoms. The molecule has 128 valence electrons. The lowest BCUT2D eigenvalue weighted by atomic mass is 10.1. The molecule has 0 amide bonds. The molecular formula is C18H16N2O4S. The lowest BCUT2D eigenvalue weighted by Gasteiger charge is -2.17. The molecule has 3 rings (SSSR count). The lowest BCUT2D eigenvalue weighted by molar-refractivity contribution is -0.385. The summed E-state index contributed by atoms with van der Waals surface area (Å²) >= 11 is 0. The summed E-state index contributed by atoms with van der Waals surface area (Å²) in [5.74, 6) is 0. The Morgan fingerprint density at radius 3 is 2.32 bits per heavy atom. The van der Waals surface area contributed by atoms with Crippen LogP contribution in [0, 0.1) is 10.1 Å². The van der Waals surface area contributed by atoms with E-state index in [2.05, 4.69) is 0 Å². The van der Waals surface area contributed by atoms with Crippen LogP contribution in [0.15, 0.2) is 71.6 Å². The second-order valence-electron chi connectivity index (χ2n) is 5.66. The smallest absolute Gasteiger partial charge is 0.258 e. The van der Waals surface area contributed by atoms with Gasteiger partial charge in [-0.15, -0.1) is 0 Å². The third kappa shape index (κ3) is 3.38. The van der Waals surface area contributed by atoms with E-state index < -0.39 is 14.9 Å². The summed E-state index contributed by atoms with van der Waals surface area (Å²) < 4.78 is 26.8. The number of rotatable bonds is 5. The van der Waals surface area contributed by atoms with Crippen LogP contribution in [0.4, 0.5) is 5.69 Å². The largest absolute Gasteiger partial charge is 0.273 e. The molecule has 0 fully saturated rings. The second kappa shape index (κ2) is 6.62. The molecule has 0 aromatic heterocycles. The number of hydrogen-bond donors (Lipinski definition) is 0. The van der Waals surface area contributed by atoms with E-state index in [0.29, 0.717) is 5.56 Å². The summed E-state index contributed by atoms with van der Waals surface area (Å²) in [6, 6.07) is 18.5. The molecule has 0 radical (unpaired) electrons. The first kappa shape index (κ1) is 17.1. The predicted molar refractivity (Wildman–Crippen MR) is 95.7 cm³/mol. The predicted octanol–water partition coefficient (Wildman–Crippen LogP) is 3.57. The highest BCUT2D eigenvalue weighted by molar-refractivity contribution is 7.89. The maximum atomic E-state index is 12.8. The minimum atomic E-state index is -3.76. The highest BCUT2D eigenvalue weighted by Crippen LogP contribution is 2.24. The van der Waals surface area contributed by atoms with Crippen molar-refractivity contribution in [3.63, 3.8) is 0 Å². The van der Waals surface area contributed by atoms with Crippen LogP contribution < -0.4 is 0 Å². The molecule has 7 heteroatoms. The van der Waals surface area contributed by atoms with Crippen LogP contribution in [0.25, 0.3) is 10.8 Å². The van der Waals surface area contributed by atoms with Gasteiger partial charge in [-0.25, -0.2) is 8.42 Å². The number of benzene rings is 3. The van der Waals surface area contributed by atoms with Gasteiger partial charge in [-0.3, -0.25) is 10.1 Å². The van der Waals surface area contributed by atoms with Crippen molar-refractivity contribution in [1.82, 2.24) is 4.31 Å². The van der Waals surface area contributed by atoms with Crippen molar-refractivity contribution >= 4 is 26.5 Å². The first-order chi connectivity index (χ1) is 11.9. The van der Waals surface area contributed by atoms with Crippen LogP contribution >= 0.6 is 0 Å². The van der Waals surface area contributed by atoms with Crippen molar-refractivity contribution in [2.75, 3.05) is 7.05 Å². The number of hydrogen-bond acceptors (Lipinski definition) is 4. The SMILES string of the molecule is CN(Cc1ccccc1[N+](=O)[O-])S(=O)(=O)c1ccc2ccccc2c1. The average Bonchev–Trinajstić information content (AvgIpc) is 2.61. The Hall–Kier alpha value is -2.77. The first-order valence-electron chi connectivity index (χ1n) is 7.57. The zero-order chi connectivity index (χ0) is 18.0. The number of nitro groups is 1. The standard InChI is InChI=1S/C18H16N2O4S/c1-19(13-16-8-4-5-9-18(16)20(21)22)25(23,24)17-11-10-14-6-2-3-7-15(14)12-17/h2-12H,13H2,1H3. The average molecular weight is 356 g/mol. The van der Waals surface area contributed by atoms with E-state index in [1.165, 1.54) is 13.1 Å². The summed E-state index contributed by atoms with van der Waals surface area (Å²) in [6.07, 6.45) is 0. The molecule has 6 nitrogen and oxygen atoms in total. The van der Waals surface area contributed by atoms with Gasteiger partial charge < -0.3 is 0 Å². The van der Waals surface area contributed by atoms with Gasteiger partial charge in [-0.05, 0) is 22.9 Å². The van der Waals surface area contributed by atoms with Gasteiger partial charge in [0.1, 0.15) is 0 Å². The molecule has 0 unspecified atom stereocenters. The Balaban J connectivity index is 1.95. The lowest BCUT2D eigenvalue weighted by Crippen LogP contribution is -2.26. The minimum Gasteiger partial charge on any atom is -0.258 e. The zero-order valence-electron chi connectivity index (χ0n) is 13.5. The number of sulfonamides is 1. The molecule has 0 atom stereocenters. The summed E-state index contributed by atoms with van der Waals surface area (Å²) in [6.45, 7) is -0.0771. The summed E-state index contributed by atoms with van der Waals surface area (Å²) in [4.78, 5) is 10.8. The minimum absolute atomic E-state index is 0.0771. The van der Waals surface area contributed by atoms with Gasteiger partial charge in [0, 0.05) is 25.2 Å². The van der Waals surface area contributed by atoms with Gasteiger partial charge in [-0.1, -0.05) is 48.5 Å². The molecule has 0 bridgehead atoms. The van der Waals surface area contributed by atoms with Crippen molar-refractivity contribution < 1.29 is 13.3 Å². The Kier molecular flexibility index (Phi) is 4.52. The van der Waals surface area contributed by atoms with Crippen LogP contribution in [0.1, 0.15) is 5.56 Å². The monoisotopic (exact) mass is 356 g/mol. The Morgan fingerprint density at radius 2 is 1.60 bits per heavy atom. The molecule has 0 aliphatic heterocycles. The maximum Gasteiger partial charge on any atom is 0.273 e. The number of nitro benzene ring substituents is 1. The molecule has 3 aromatic carbocycles. The number of nitrogens with zero attached hydrogens (tertiary/aromatic N) is 2. The number of para-hydroxylation sites is 1. The van der Waals surface area contributed by atoms with E-state index in [1.54, 1.807) is 36.4 Å². The molecule has 0 spiro atoms. The normalized spacial score (nSPS) is 11.8. The molecule has 0 aliphatic carbocycles. The van der Waals surface area contributed by atoms with Crippen molar-refractivity contribution in [2.24, 2.45) is 0 Å². The van der Waals surface area contributed by atoms with Crippen molar-refractivity contribution in [3.8, 4) is 0 Å². The molecule has 0 N–H and O–H groups in total. The van der Waals surface area contributed by atoms with Crippen LogP contribution in [0.3, 0.4) is 0 Å². The second-order valence-corrected chi connectivity index (χ2v) is 7.70. The summed E-state index contributed by atoms with van der Waals surface area (Å²) in [5, 5.41) is 12.9. The number of fused-ring (bicyclic) bond motifs is 1. The molecule has 3 aromatic rings. The fraction of sp³-hybridized carbons (Fsp3) is 0.111. The molecule has 0 saturated heterocycles. The van der Waals surface area contributed by atoms with Gasteiger partial charge in [0.15, 0.2) is 0 Å². The van der Waals surface area contributed by atoms with E-state index in [-0.39, 0.29) is 17.1 Å². The molecule has 0 saturated carbocycles. The third-order valence-corrected chi connectivity index (χ3v) is 5.81. The Labute approximate surface area is 145 Å². The van der Waals surface area contributed by atoms with Gasteiger partial charge in [0.05, 0.1) is 9.82 Å². The van der Waals surface area contributed by atoms with E-state index in [0.717, 1.165) is 15.1 Å². The summed E-state index contributed by atoms with van der Waals surface area (Å²) in [7, 11) is -2.34. The van der Waals surface area contributed by atoms with E-state index in [9.17, 15) is 18.5 Å². The van der Waals surface area contributed by atoms with Crippen LogP contribution in [-0.2, 0) is 16.6 Å². The van der Waals surface area contributed by atoms with Crippen LogP contribution in [0.2, 0.25) is 0 Å². The quantitative estimate of drug-likeness (QED) is 0.517. The Bertz CT molecular complexity index is 1050. The van der Waals surface area contributed by atoms with Gasteiger partial charge in [0.25, 0.3) is 5.69 Å². The first-order valence-corrected chi connectivity index (χ1v) is 9.01. The van der Waals surface area contributed by atoms with Crippen LogP contribution in [0.5, 0.6) is 0 Å². The highest BCUT2D eigenvalue weighted by atomic mass is 32.2. The van der Waals surface area contributed by atoms with Gasteiger partial charge in [0.2, 0.25) is 10.0 Å². The van der Waals surface area contributed by atoms with Crippen molar-refractivity contribution in [1.29, 1.82) is 0 Å². The third-order valence-electron chi connectivity index (χ3n) is 4.01. The maximum absolute atomic E-state index is 12.8. The van der Waals surface area contributed by atoms with Crippen LogP contribution in [-0.4, -0.2) is 24.7 Å². The Morgan fingerprint density at radius 1 is 0.960 bits per heavy atom. The molecule has 0 aliphatic rings. The molecular weight excluding hydrogens is 340 g/mol. The van der Waals surface area contributed by atoms with E-state index in [1.807, 2.05) is 24.3 Å². The fourth-order valence-corrected chi connectivity index (χ4v) is 3.84. The van der Waals surface area contributed by atoms with Gasteiger partial charge in [-0.2, -0.15) is 4.31 Å². The highest BCUT2D eigenvalue weighted by Gasteiger charge is 2.24.